The lowest BCUT2D eigenvalue weighted by atomic mass is 10.1. The Balaban J connectivity index is 1.80. The lowest BCUT2D eigenvalue weighted by Crippen LogP contribution is -2.18. The normalized spacial score (nSPS) is 24.2. The van der Waals surface area contributed by atoms with Gasteiger partial charge >= 0.3 is 0 Å². The lowest BCUT2D eigenvalue weighted by Gasteiger charge is -2.00. The number of hydrogen-bond acceptors (Lipinski definition) is 2. The molecule has 2 rings (SSSR count). The van der Waals surface area contributed by atoms with E-state index in [1.807, 2.05) is 6.07 Å². The van der Waals surface area contributed by atoms with Crippen LogP contribution in [0.4, 0.5) is 0 Å². The van der Waals surface area contributed by atoms with Gasteiger partial charge in [0.25, 0.3) is 0 Å². The quantitative estimate of drug-likeness (QED) is 0.730. The number of benzene rings is 1. The Kier molecular flexibility index (Phi) is 2.81. The van der Waals surface area contributed by atoms with Crippen LogP contribution in [-0.2, 0) is 0 Å². The minimum atomic E-state index is 0.603. The summed E-state index contributed by atoms with van der Waals surface area (Å²) < 4.78 is 0. The molecule has 0 saturated heterocycles. The van der Waals surface area contributed by atoms with E-state index in [-0.39, 0.29) is 0 Å². The van der Waals surface area contributed by atoms with Gasteiger partial charge in [0.05, 0.1) is 6.07 Å². The van der Waals surface area contributed by atoms with Gasteiger partial charge in [0, 0.05) is 24.9 Å². The third-order valence-corrected chi connectivity index (χ3v) is 2.66. The third kappa shape index (κ3) is 2.12. The van der Waals surface area contributed by atoms with Gasteiger partial charge in [-0.3, -0.25) is 0 Å². The molecule has 0 aromatic heterocycles. The minimum Gasteiger partial charge on any atom is -0.312 e. The monoisotopic (exact) mass is 186 g/mol. The summed E-state index contributed by atoms with van der Waals surface area (Å²) in [5.41, 5.74) is 1.42. The van der Waals surface area contributed by atoms with E-state index in [2.05, 4.69) is 35.7 Å². The first kappa shape index (κ1) is 9.23. The largest absolute Gasteiger partial charge is 0.312 e. The van der Waals surface area contributed by atoms with Crippen molar-refractivity contribution >= 4 is 0 Å². The molecule has 1 aromatic carbocycles. The second kappa shape index (κ2) is 4.26. The second-order valence-electron chi connectivity index (χ2n) is 3.72. The van der Waals surface area contributed by atoms with E-state index in [1.165, 1.54) is 12.0 Å². The van der Waals surface area contributed by atoms with Crippen LogP contribution in [0.2, 0.25) is 0 Å². The van der Waals surface area contributed by atoms with Crippen LogP contribution in [0.5, 0.6) is 0 Å². The van der Waals surface area contributed by atoms with Crippen LogP contribution in [0, 0.1) is 11.3 Å². The van der Waals surface area contributed by atoms with Gasteiger partial charge in [0.15, 0.2) is 0 Å². The summed E-state index contributed by atoms with van der Waals surface area (Å²) in [5, 5.41) is 11.8. The van der Waals surface area contributed by atoms with Gasteiger partial charge in [-0.05, 0) is 12.0 Å². The fraction of sp³-hybridized carbons (Fsp3) is 0.417. The van der Waals surface area contributed by atoms with Crippen molar-refractivity contribution < 1.29 is 0 Å². The topological polar surface area (TPSA) is 35.8 Å². The SMILES string of the molecule is N#CCCN[C@@H]1C[C@H]1c1ccccc1. The minimum absolute atomic E-state index is 0.603. The standard InChI is InChI=1S/C12H14N2/c13-7-4-8-14-12-9-11(12)10-5-2-1-3-6-10/h1-3,5-6,11-12,14H,4,8-9H2/t11-,12+/m0/s1. The van der Waals surface area contributed by atoms with Crippen molar-refractivity contribution in [3.63, 3.8) is 0 Å². The highest BCUT2D eigenvalue weighted by Gasteiger charge is 2.37. The molecule has 1 aromatic rings. The van der Waals surface area contributed by atoms with E-state index in [1.54, 1.807) is 0 Å². The maximum absolute atomic E-state index is 8.39. The molecule has 2 heteroatoms. The predicted molar refractivity (Wildman–Crippen MR) is 55.8 cm³/mol. The Morgan fingerprint density at radius 1 is 1.36 bits per heavy atom. The lowest BCUT2D eigenvalue weighted by molar-refractivity contribution is 0.679. The summed E-state index contributed by atoms with van der Waals surface area (Å²) in [5.74, 6) is 0.676. The molecule has 14 heavy (non-hydrogen) atoms. The molecular weight excluding hydrogens is 172 g/mol. The molecule has 0 unspecified atom stereocenters. The molecule has 0 heterocycles. The van der Waals surface area contributed by atoms with Crippen molar-refractivity contribution in [1.29, 1.82) is 5.26 Å². The van der Waals surface area contributed by atoms with Crippen molar-refractivity contribution in [1.82, 2.24) is 5.32 Å². The second-order valence-corrected chi connectivity index (χ2v) is 3.72. The highest BCUT2D eigenvalue weighted by Crippen LogP contribution is 2.40. The van der Waals surface area contributed by atoms with E-state index < -0.39 is 0 Å². The molecule has 1 N–H and O–H groups in total. The van der Waals surface area contributed by atoms with E-state index in [0.29, 0.717) is 18.4 Å². The molecule has 0 spiro atoms. The van der Waals surface area contributed by atoms with E-state index in [0.717, 1.165) is 6.54 Å². The summed E-state index contributed by atoms with van der Waals surface area (Å²) in [6.07, 6.45) is 1.83. The molecule has 0 bridgehead atoms. The van der Waals surface area contributed by atoms with E-state index in [4.69, 9.17) is 5.26 Å². The van der Waals surface area contributed by atoms with Crippen LogP contribution in [0.25, 0.3) is 0 Å². The van der Waals surface area contributed by atoms with Crippen molar-refractivity contribution in [2.24, 2.45) is 0 Å². The van der Waals surface area contributed by atoms with Gasteiger partial charge in [-0.25, -0.2) is 0 Å². The first-order valence-electron chi connectivity index (χ1n) is 5.07. The van der Waals surface area contributed by atoms with Crippen LogP contribution >= 0.6 is 0 Å². The van der Waals surface area contributed by atoms with Crippen molar-refractivity contribution in [2.45, 2.75) is 24.8 Å². The van der Waals surface area contributed by atoms with E-state index >= 15 is 0 Å². The number of nitrogens with one attached hydrogen (secondary N) is 1. The Morgan fingerprint density at radius 2 is 2.14 bits per heavy atom. The van der Waals surface area contributed by atoms with E-state index in [9.17, 15) is 0 Å². The summed E-state index contributed by atoms with van der Waals surface area (Å²) in [7, 11) is 0. The maximum atomic E-state index is 8.39. The average Bonchev–Trinajstić information content (AvgIpc) is 2.99. The first-order chi connectivity index (χ1) is 6.92. The maximum Gasteiger partial charge on any atom is 0.0635 e. The first-order valence-corrected chi connectivity index (χ1v) is 5.07. The van der Waals surface area contributed by atoms with Crippen molar-refractivity contribution in [3.05, 3.63) is 35.9 Å². The molecular formula is C12H14N2. The Morgan fingerprint density at radius 3 is 2.86 bits per heavy atom. The van der Waals surface area contributed by atoms with Gasteiger partial charge < -0.3 is 5.32 Å². The highest BCUT2D eigenvalue weighted by molar-refractivity contribution is 5.27. The van der Waals surface area contributed by atoms with Crippen LogP contribution in [0.1, 0.15) is 24.3 Å². The molecule has 72 valence electrons. The highest BCUT2D eigenvalue weighted by atomic mass is 15.0. The van der Waals surface area contributed by atoms with Crippen molar-refractivity contribution in [2.75, 3.05) is 6.54 Å². The molecule has 1 aliphatic rings. The Bertz CT molecular complexity index is 326. The van der Waals surface area contributed by atoms with Crippen LogP contribution in [0.3, 0.4) is 0 Å². The summed E-state index contributed by atoms with van der Waals surface area (Å²) in [6.45, 7) is 0.824. The summed E-state index contributed by atoms with van der Waals surface area (Å²) >= 11 is 0. The van der Waals surface area contributed by atoms with Gasteiger partial charge in [0.2, 0.25) is 0 Å². The zero-order chi connectivity index (χ0) is 9.80. The molecule has 2 nitrogen and oxygen atoms in total. The molecule has 0 radical (unpaired) electrons. The number of hydrogen-bond donors (Lipinski definition) is 1. The van der Waals surface area contributed by atoms with Gasteiger partial charge in [-0.15, -0.1) is 0 Å². The van der Waals surface area contributed by atoms with Crippen LogP contribution < -0.4 is 5.32 Å². The Labute approximate surface area is 84.6 Å². The number of nitrogens with zero attached hydrogens (tertiary/aromatic N) is 1. The zero-order valence-electron chi connectivity index (χ0n) is 8.11. The van der Waals surface area contributed by atoms with Gasteiger partial charge in [0.1, 0.15) is 0 Å². The average molecular weight is 186 g/mol. The Hall–Kier alpha value is -1.33. The molecule has 2 atom stereocenters. The fourth-order valence-electron chi connectivity index (χ4n) is 1.80. The van der Waals surface area contributed by atoms with Gasteiger partial charge in [-0.2, -0.15) is 5.26 Å². The molecule has 0 amide bonds. The fourth-order valence-corrected chi connectivity index (χ4v) is 1.80. The van der Waals surface area contributed by atoms with Crippen LogP contribution in [-0.4, -0.2) is 12.6 Å². The van der Waals surface area contributed by atoms with Crippen LogP contribution in [0.15, 0.2) is 30.3 Å². The van der Waals surface area contributed by atoms with Gasteiger partial charge in [-0.1, -0.05) is 30.3 Å². The molecule has 0 aliphatic heterocycles. The van der Waals surface area contributed by atoms with Crippen molar-refractivity contribution in [3.8, 4) is 6.07 Å². The number of nitriles is 1. The number of rotatable bonds is 4. The smallest absolute Gasteiger partial charge is 0.0635 e. The summed E-state index contributed by atoms with van der Waals surface area (Å²) in [4.78, 5) is 0. The summed E-state index contributed by atoms with van der Waals surface area (Å²) in [6, 6.07) is 13.3. The zero-order valence-corrected chi connectivity index (χ0v) is 8.11. The third-order valence-electron chi connectivity index (χ3n) is 2.66. The molecule has 1 fully saturated rings. The molecule has 1 saturated carbocycles. The molecule has 1 aliphatic carbocycles. The predicted octanol–water partition coefficient (Wildman–Crippen LogP) is 2.05.